The maximum absolute atomic E-state index is 12.2. The molecule has 0 amide bonds. The Labute approximate surface area is 174 Å². The molecule has 2 heterocycles. The first-order valence-corrected chi connectivity index (χ1v) is 9.66. The van der Waals surface area contributed by atoms with E-state index in [0.717, 1.165) is 0 Å². The van der Waals surface area contributed by atoms with Crippen LogP contribution in [-0.4, -0.2) is 88.7 Å². The minimum atomic E-state index is -1.44. The van der Waals surface area contributed by atoms with E-state index in [4.69, 9.17) is 37.6 Å². The molecular weight excluding hydrogens is 406 g/mol. The van der Waals surface area contributed by atoms with Crippen molar-refractivity contribution in [3.63, 3.8) is 0 Å². The molecule has 4 atom stereocenters. The van der Waals surface area contributed by atoms with Crippen LogP contribution in [-0.2, 0) is 56.7 Å². The van der Waals surface area contributed by atoms with Gasteiger partial charge in [0, 0.05) is 0 Å². The number of ether oxygens (including phenoxy) is 4. The maximum atomic E-state index is 12.2. The molecule has 166 valence electrons. The summed E-state index contributed by atoms with van der Waals surface area (Å²) < 4.78 is 41.4. The molecule has 0 saturated carbocycles. The van der Waals surface area contributed by atoms with Crippen LogP contribution in [0.3, 0.4) is 0 Å². The van der Waals surface area contributed by atoms with Gasteiger partial charge in [-0.3, -0.25) is 0 Å². The van der Waals surface area contributed by atoms with Gasteiger partial charge in [0.2, 0.25) is 0 Å². The second-order valence-corrected chi connectivity index (χ2v) is 5.97. The first kappa shape index (κ1) is 24.1. The van der Waals surface area contributed by atoms with Crippen molar-refractivity contribution in [3.05, 3.63) is 0 Å². The van der Waals surface area contributed by atoms with Crippen LogP contribution < -0.4 is 0 Å². The van der Waals surface area contributed by atoms with E-state index < -0.39 is 62.3 Å². The largest absolute Gasteiger partial charge is 0.489 e. The first-order valence-electron chi connectivity index (χ1n) is 9.66. The van der Waals surface area contributed by atoms with Gasteiger partial charge in [0.05, 0.1) is 26.4 Å². The second kappa shape index (κ2) is 11.3. The normalized spacial score (nSPS) is 25.7. The van der Waals surface area contributed by atoms with Crippen molar-refractivity contribution in [2.24, 2.45) is 0 Å². The molecule has 0 N–H and O–H groups in total. The Bertz CT molecular complexity index is 538. The molecule has 12 nitrogen and oxygen atoms in total. The van der Waals surface area contributed by atoms with Gasteiger partial charge in [0.25, 0.3) is 0 Å². The lowest BCUT2D eigenvalue weighted by Crippen LogP contribution is -2.41. The fraction of sp³-hybridized carbons (Fsp3) is 0.750. The first-order chi connectivity index (χ1) is 14.4. The molecule has 0 bridgehead atoms. The molecule has 0 radical (unpaired) electrons. The minimum Gasteiger partial charge on any atom is -0.464 e. The smallest absolute Gasteiger partial charge is 0.464 e. The van der Waals surface area contributed by atoms with E-state index in [1.165, 1.54) is 0 Å². The van der Waals surface area contributed by atoms with E-state index in [1.54, 1.807) is 27.7 Å². The van der Waals surface area contributed by atoms with Crippen molar-refractivity contribution in [2.75, 3.05) is 26.4 Å². The Morgan fingerprint density at radius 1 is 0.533 bits per heavy atom. The van der Waals surface area contributed by atoms with Gasteiger partial charge in [-0.05, 0) is 27.7 Å². The molecular formula is C16H24B2O12. The highest BCUT2D eigenvalue weighted by atomic mass is 16.7. The zero-order valence-corrected chi connectivity index (χ0v) is 17.2. The number of hydrogen-bond donors (Lipinski definition) is 0. The van der Waals surface area contributed by atoms with E-state index in [2.05, 4.69) is 0 Å². The Hall–Kier alpha value is -2.15. The highest BCUT2D eigenvalue weighted by molar-refractivity contribution is 7.11. The quantitative estimate of drug-likeness (QED) is 0.248. The van der Waals surface area contributed by atoms with Gasteiger partial charge in [0.15, 0.2) is 24.4 Å². The van der Waals surface area contributed by atoms with Gasteiger partial charge in [-0.1, -0.05) is 0 Å². The zero-order chi connectivity index (χ0) is 22.3. The summed E-state index contributed by atoms with van der Waals surface area (Å²) in [6, 6.07) is 0. The predicted molar refractivity (Wildman–Crippen MR) is 97.5 cm³/mol. The van der Waals surface area contributed by atoms with Crippen LogP contribution in [0.1, 0.15) is 27.7 Å². The van der Waals surface area contributed by atoms with Gasteiger partial charge in [-0.2, -0.15) is 0 Å². The lowest BCUT2D eigenvalue weighted by Gasteiger charge is -2.15. The lowest BCUT2D eigenvalue weighted by atomic mass is 9.49. The Kier molecular flexibility index (Phi) is 9.08. The molecule has 0 spiro atoms. The van der Waals surface area contributed by atoms with Crippen LogP contribution in [0.15, 0.2) is 0 Å². The lowest BCUT2D eigenvalue weighted by molar-refractivity contribution is -0.163. The summed E-state index contributed by atoms with van der Waals surface area (Å²) in [4.78, 5) is 48.7. The summed E-state index contributed by atoms with van der Waals surface area (Å²) in [5.74, 6) is -3.39. The third-order valence-corrected chi connectivity index (χ3v) is 3.97. The Morgan fingerprint density at radius 3 is 0.900 bits per heavy atom. The van der Waals surface area contributed by atoms with Crippen molar-refractivity contribution in [1.82, 2.24) is 0 Å². The van der Waals surface area contributed by atoms with E-state index in [0.29, 0.717) is 0 Å². The van der Waals surface area contributed by atoms with Crippen LogP contribution in [0.25, 0.3) is 0 Å². The van der Waals surface area contributed by atoms with Crippen molar-refractivity contribution in [3.8, 4) is 0 Å². The molecule has 2 rings (SSSR count). The highest BCUT2D eigenvalue weighted by Gasteiger charge is 2.61. The summed E-state index contributed by atoms with van der Waals surface area (Å²) in [6.07, 6.45) is -5.76. The fourth-order valence-corrected chi connectivity index (χ4v) is 2.80. The number of carbonyl (C=O) groups is 4. The van der Waals surface area contributed by atoms with Crippen LogP contribution >= 0.6 is 0 Å². The Morgan fingerprint density at radius 2 is 0.733 bits per heavy atom. The Balaban J connectivity index is 2.18. The van der Waals surface area contributed by atoms with E-state index in [-0.39, 0.29) is 26.4 Å². The average molecular weight is 430 g/mol. The number of carbonyl (C=O) groups excluding carboxylic acids is 4. The standard InChI is InChI=1S/C16H24B2O12/c1-5-23-13(19)9-10(14(20)24-6-2)28-17(27-9)18-29-11(15(21)25-7-3)12(30-18)16(22)26-8-4/h9-12H,5-8H2,1-4H3. The molecule has 0 aliphatic carbocycles. The van der Waals surface area contributed by atoms with Gasteiger partial charge in [-0.25, -0.2) is 19.2 Å². The van der Waals surface area contributed by atoms with E-state index in [9.17, 15) is 19.2 Å². The van der Waals surface area contributed by atoms with Crippen molar-refractivity contribution >= 4 is 37.9 Å². The van der Waals surface area contributed by atoms with E-state index >= 15 is 0 Å². The third kappa shape index (κ3) is 5.50. The van der Waals surface area contributed by atoms with Crippen LogP contribution in [0.4, 0.5) is 0 Å². The second-order valence-electron chi connectivity index (χ2n) is 5.97. The van der Waals surface area contributed by atoms with Crippen molar-refractivity contribution in [1.29, 1.82) is 0 Å². The monoisotopic (exact) mass is 430 g/mol. The SMILES string of the molecule is CCOC(=O)C1OB(B2OC(C(=O)OCC)C(C(=O)OCC)O2)OC1C(=O)OCC. The molecule has 0 aromatic rings. The van der Waals surface area contributed by atoms with Gasteiger partial charge < -0.3 is 37.6 Å². The zero-order valence-electron chi connectivity index (χ0n) is 17.2. The molecule has 2 saturated heterocycles. The van der Waals surface area contributed by atoms with Gasteiger partial charge >= 0.3 is 37.9 Å². The summed E-state index contributed by atoms with van der Waals surface area (Å²) in [5, 5.41) is 0. The highest BCUT2D eigenvalue weighted by Crippen LogP contribution is 2.27. The van der Waals surface area contributed by atoms with Crippen LogP contribution in [0.2, 0.25) is 0 Å². The third-order valence-electron chi connectivity index (χ3n) is 3.97. The maximum Gasteiger partial charge on any atom is 0.489 e. The van der Waals surface area contributed by atoms with Crippen molar-refractivity contribution < 1.29 is 56.7 Å². The van der Waals surface area contributed by atoms with Crippen LogP contribution in [0.5, 0.6) is 0 Å². The molecule has 30 heavy (non-hydrogen) atoms. The molecule has 2 aliphatic rings. The molecule has 2 fully saturated rings. The van der Waals surface area contributed by atoms with Crippen LogP contribution in [0, 0.1) is 0 Å². The van der Waals surface area contributed by atoms with E-state index in [1.807, 2.05) is 0 Å². The summed E-state index contributed by atoms with van der Waals surface area (Å²) in [5.41, 5.74) is 0. The number of esters is 4. The minimum absolute atomic E-state index is 0.0468. The van der Waals surface area contributed by atoms with Gasteiger partial charge in [-0.15, -0.1) is 0 Å². The summed E-state index contributed by atoms with van der Waals surface area (Å²) >= 11 is 0. The van der Waals surface area contributed by atoms with Crippen molar-refractivity contribution in [2.45, 2.75) is 52.1 Å². The number of rotatable bonds is 9. The molecule has 0 aromatic heterocycles. The summed E-state index contributed by atoms with van der Waals surface area (Å²) in [7, 11) is -2.85. The molecule has 2 aliphatic heterocycles. The molecule has 14 heteroatoms. The van der Waals surface area contributed by atoms with Gasteiger partial charge in [0.1, 0.15) is 0 Å². The number of hydrogen-bond acceptors (Lipinski definition) is 12. The average Bonchev–Trinajstić information content (AvgIpc) is 3.34. The fourth-order valence-electron chi connectivity index (χ4n) is 2.80. The molecule has 0 aromatic carbocycles. The topological polar surface area (TPSA) is 142 Å². The molecule has 4 unspecified atom stereocenters. The predicted octanol–water partition coefficient (Wildman–Crippen LogP) is -1.14. The summed E-state index contributed by atoms with van der Waals surface area (Å²) in [6.45, 7) is 6.53.